The van der Waals surface area contributed by atoms with Crippen molar-refractivity contribution in [3.63, 3.8) is 0 Å². The average Bonchev–Trinajstić information content (AvgIpc) is 2.22. The minimum Gasteiger partial charge on any atom is -0.327 e. The summed E-state index contributed by atoms with van der Waals surface area (Å²) in [6, 6.07) is 0.540. The molecule has 2 aliphatic carbocycles. The Labute approximate surface area is 75.7 Å². The summed E-state index contributed by atoms with van der Waals surface area (Å²) in [7, 11) is 0. The maximum absolute atomic E-state index is 6.24. The van der Waals surface area contributed by atoms with Crippen LogP contribution in [0.25, 0.3) is 0 Å². The van der Waals surface area contributed by atoms with E-state index in [-0.39, 0.29) is 0 Å². The normalized spacial score (nSPS) is 52.8. The van der Waals surface area contributed by atoms with Gasteiger partial charge in [0.25, 0.3) is 0 Å². The highest BCUT2D eigenvalue weighted by molar-refractivity contribution is 4.99. The third-order valence-corrected chi connectivity index (χ3v) is 4.44. The summed E-state index contributed by atoms with van der Waals surface area (Å²) in [5, 5.41) is 0. The smallest absolute Gasteiger partial charge is 0.0101 e. The lowest BCUT2D eigenvalue weighted by Crippen LogP contribution is -2.36. The summed E-state index contributed by atoms with van der Waals surface area (Å²) in [6.07, 6.45) is 5.58. The zero-order chi connectivity index (χ0) is 8.72. The maximum Gasteiger partial charge on any atom is 0.0101 e. The van der Waals surface area contributed by atoms with Crippen LogP contribution >= 0.6 is 0 Å². The maximum atomic E-state index is 6.24. The van der Waals surface area contributed by atoms with Gasteiger partial charge in [-0.2, -0.15) is 0 Å². The lowest BCUT2D eigenvalue weighted by molar-refractivity contribution is 0.276. The van der Waals surface area contributed by atoms with E-state index in [1.807, 2.05) is 0 Å². The first-order valence-corrected chi connectivity index (χ1v) is 5.51. The first kappa shape index (κ1) is 8.55. The summed E-state index contributed by atoms with van der Waals surface area (Å²) in [5.74, 6) is 3.56. The quantitative estimate of drug-likeness (QED) is 0.637. The number of hydrogen-bond donors (Lipinski definition) is 1. The van der Waals surface area contributed by atoms with E-state index in [1.54, 1.807) is 0 Å². The molecule has 0 unspecified atom stereocenters. The number of nitrogens with two attached hydrogens (primary N) is 1. The van der Waals surface area contributed by atoms with Crippen molar-refractivity contribution in [2.45, 2.75) is 45.6 Å². The molecule has 0 radical (unpaired) electrons. The lowest BCUT2D eigenvalue weighted by Gasteiger charge is -2.27. The third-order valence-electron chi connectivity index (χ3n) is 4.44. The van der Waals surface area contributed by atoms with Crippen LogP contribution in [0.4, 0.5) is 0 Å². The Bertz CT molecular complexity index is 166. The summed E-state index contributed by atoms with van der Waals surface area (Å²) in [5.41, 5.74) is 6.24. The molecule has 2 aliphatic rings. The molecule has 0 aromatic carbocycles. The van der Waals surface area contributed by atoms with Crippen molar-refractivity contribution in [1.29, 1.82) is 0 Å². The molecular formula is C11H21N. The van der Waals surface area contributed by atoms with Gasteiger partial charge < -0.3 is 5.73 Å². The Morgan fingerprint density at radius 2 is 1.92 bits per heavy atom. The van der Waals surface area contributed by atoms with E-state index in [4.69, 9.17) is 5.73 Å². The van der Waals surface area contributed by atoms with Crippen LogP contribution in [-0.2, 0) is 0 Å². The molecule has 0 aromatic heterocycles. The highest BCUT2D eigenvalue weighted by Crippen LogP contribution is 2.49. The zero-order valence-corrected chi connectivity index (χ0v) is 8.29. The second kappa shape index (κ2) is 3.02. The molecule has 12 heavy (non-hydrogen) atoms. The van der Waals surface area contributed by atoms with Crippen LogP contribution in [0, 0.1) is 23.7 Å². The molecule has 70 valence electrons. The van der Waals surface area contributed by atoms with E-state index in [1.165, 1.54) is 25.7 Å². The molecule has 2 fully saturated rings. The lowest BCUT2D eigenvalue weighted by atomic mass is 9.82. The first-order chi connectivity index (χ1) is 5.75. The highest BCUT2D eigenvalue weighted by atomic mass is 14.7. The molecule has 0 amide bonds. The van der Waals surface area contributed by atoms with Gasteiger partial charge in [-0.3, -0.25) is 0 Å². The van der Waals surface area contributed by atoms with E-state index in [0.29, 0.717) is 6.04 Å². The van der Waals surface area contributed by atoms with Gasteiger partial charge in [0, 0.05) is 6.04 Å². The van der Waals surface area contributed by atoms with Gasteiger partial charge in [-0.1, -0.05) is 26.7 Å². The Kier molecular flexibility index (Phi) is 2.16. The SMILES string of the molecule is CC[C@@H]1[C@H](C)[C@@H]2CCC[C@H]1[C@@H]2N. The molecule has 2 rings (SSSR count). The number of rotatable bonds is 1. The average molecular weight is 167 g/mol. The second-order valence-electron chi connectivity index (χ2n) is 4.77. The topological polar surface area (TPSA) is 26.0 Å². The predicted octanol–water partition coefficient (Wildman–Crippen LogP) is 2.41. The molecular weight excluding hydrogens is 146 g/mol. The van der Waals surface area contributed by atoms with Crippen LogP contribution in [0.5, 0.6) is 0 Å². The van der Waals surface area contributed by atoms with Crippen molar-refractivity contribution >= 4 is 0 Å². The minimum atomic E-state index is 0.540. The van der Waals surface area contributed by atoms with Crippen molar-refractivity contribution in [3.8, 4) is 0 Å². The van der Waals surface area contributed by atoms with Crippen molar-refractivity contribution in [3.05, 3.63) is 0 Å². The fourth-order valence-electron chi connectivity index (χ4n) is 3.79. The van der Waals surface area contributed by atoms with Crippen LogP contribution in [0.3, 0.4) is 0 Å². The Morgan fingerprint density at radius 3 is 2.50 bits per heavy atom. The van der Waals surface area contributed by atoms with E-state index in [9.17, 15) is 0 Å². The van der Waals surface area contributed by atoms with Crippen LogP contribution in [0.2, 0.25) is 0 Å². The fraction of sp³-hybridized carbons (Fsp3) is 1.00. The summed E-state index contributed by atoms with van der Waals surface area (Å²) in [6.45, 7) is 4.75. The Morgan fingerprint density at radius 1 is 1.25 bits per heavy atom. The standard InChI is InChI=1S/C11H21N/c1-3-8-7(2)9-5-4-6-10(8)11(9)12/h7-11H,3-6,12H2,1-2H3/t7-,8+,9-,10+,11+/m0/s1. The number of fused-ring (bicyclic) bond motifs is 2. The van der Waals surface area contributed by atoms with Gasteiger partial charge in [-0.25, -0.2) is 0 Å². The summed E-state index contributed by atoms with van der Waals surface area (Å²) < 4.78 is 0. The van der Waals surface area contributed by atoms with Gasteiger partial charge in [0.05, 0.1) is 0 Å². The van der Waals surface area contributed by atoms with Crippen LogP contribution in [0.15, 0.2) is 0 Å². The molecule has 2 saturated carbocycles. The summed E-state index contributed by atoms with van der Waals surface area (Å²) in [4.78, 5) is 0. The Hall–Kier alpha value is -0.0400. The first-order valence-electron chi connectivity index (χ1n) is 5.51. The molecule has 1 nitrogen and oxygen atoms in total. The molecule has 5 atom stereocenters. The fourth-order valence-corrected chi connectivity index (χ4v) is 3.79. The van der Waals surface area contributed by atoms with Gasteiger partial charge >= 0.3 is 0 Å². The third kappa shape index (κ3) is 1.02. The molecule has 0 heterocycles. The van der Waals surface area contributed by atoms with Crippen LogP contribution in [-0.4, -0.2) is 6.04 Å². The van der Waals surface area contributed by atoms with Gasteiger partial charge in [0.1, 0.15) is 0 Å². The molecule has 0 aromatic rings. The van der Waals surface area contributed by atoms with Gasteiger partial charge in [0.15, 0.2) is 0 Å². The van der Waals surface area contributed by atoms with Crippen molar-refractivity contribution in [2.24, 2.45) is 29.4 Å². The van der Waals surface area contributed by atoms with E-state index in [0.717, 1.165) is 23.7 Å². The molecule has 0 aliphatic heterocycles. The molecule has 1 heteroatoms. The van der Waals surface area contributed by atoms with Crippen LogP contribution in [0.1, 0.15) is 39.5 Å². The van der Waals surface area contributed by atoms with E-state index in [2.05, 4.69) is 13.8 Å². The number of hydrogen-bond acceptors (Lipinski definition) is 1. The van der Waals surface area contributed by atoms with Gasteiger partial charge in [-0.15, -0.1) is 0 Å². The molecule has 0 saturated heterocycles. The summed E-state index contributed by atoms with van der Waals surface area (Å²) >= 11 is 0. The van der Waals surface area contributed by atoms with Crippen LogP contribution < -0.4 is 5.73 Å². The van der Waals surface area contributed by atoms with Gasteiger partial charge in [-0.05, 0) is 36.5 Å². The zero-order valence-electron chi connectivity index (χ0n) is 8.29. The Balaban J connectivity index is 2.18. The largest absolute Gasteiger partial charge is 0.327 e. The van der Waals surface area contributed by atoms with E-state index >= 15 is 0 Å². The molecule has 0 spiro atoms. The monoisotopic (exact) mass is 167 g/mol. The predicted molar refractivity (Wildman–Crippen MR) is 51.8 cm³/mol. The highest BCUT2D eigenvalue weighted by Gasteiger charge is 2.47. The minimum absolute atomic E-state index is 0.540. The van der Waals surface area contributed by atoms with Crippen molar-refractivity contribution in [1.82, 2.24) is 0 Å². The molecule has 2 N–H and O–H groups in total. The van der Waals surface area contributed by atoms with Gasteiger partial charge in [0.2, 0.25) is 0 Å². The van der Waals surface area contributed by atoms with Crippen molar-refractivity contribution in [2.75, 3.05) is 0 Å². The van der Waals surface area contributed by atoms with Crippen molar-refractivity contribution < 1.29 is 0 Å². The second-order valence-corrected chi connectivity index (χ2v) is 4.77. The van der Waals surface area contributed by atoms with E-state index < -0.39 is 0 Å². The molecule has 2 bridgehead atoms.